The van der Waals surface area contributed by atoms with Crippen molar-refractivity contribution in [3.8, 4) is 0 Å². The molecule has 0 aromatic rings. The molecule has 0 heterocycles. The van der Waals surface area contributed by atoms with Gasteiger partial charge in [0.15, 0.2) is 8.32 Å². The molecule has 1 aliphatic rings. The van der Waals surface area contributed by atoms with E-state index in [1.54, 1.807) is 0 Å². The summed E-state index contributed by atoms with van der Waals surface area (Å²) >= 11 is 0. The molecule has 0 radical (unpaired) electrons. The molecule has 0 aromatic carbocycles. The maximum atomic E-state index is 11.0. The Morgan fingerprint density at radius 2 is 2.00 bits per heavy atom. The molecule has 0 aromatic heterocycles. The van der Waals surface area contributed by atoms with E-state index in [9.17, 15) is 9.59 Å². The van der Waals surface area contributed by atoms with E-state index in [0.717, 1.165) is 6.04 Å². The minimum atomic E-state index is -2.07. The van der Waals surface area contributed by atoms with Crippen LogP contribution in [0.25, 0.3) is 0 Å². The molecule has 0 aliphatic heterocycles. The van der Waals surface area contributed by atoms with Gasteiger partial charge in [-0.15, -0.1) is 0 Å². The standard InChI is InChI=1S/C11H19NO2Si/c1-9(13)12-11-7-5-4-6-10(11)8-15(2,3)14/h4-7,10-11,14H,8H2,1-3H3,(H,12,13). The van der Waals surface area contributed by atoms with Crippen molar-refractivity contribution in [2.75, 3.05) is 0 Å². The van der Waals surface area contributed by atoms with Gasteiger partial charge in [0.05, 0.1) is 6.04 Å². The van der Waals surface area contributed by atoms with Gasteiger partial charge in [-0.1, -0.05) is 24.3 Å². The lowest BCUT2D eigenvalue weighted by Crippen LogP contribution is -2.41. The number of hydrogen-bond acceptors (Lipinski definition) is 2. The fourth-order valence-electron chi connectivity index (χ4n) is 1.81. The average molecular weight is 225 g/mol. The first-order chi connectivity index (χ1) is 6.88. The number of nitrogens with one attached hydrogen (secondary N) is 1. The highest BCUT2D eigenvalue weighted by molar-refractivity contribution is 6.69. The van der Waals surface area contributed by atoms with E-state index in [1.807, 2.05) is 31.3 Å². The van der Waals surface area contributed by atoms with Crippen molar-refractivity contribution in [1.29, 1.82) is 0 Å². The molecular formula is C11H19NO2Si. The first kappa shape index (κ1) is 12.2. The topological polar surface area (TPSA) is 49.3 Å². The largest absolute Gasteiger partial charge is 0.432 e. The van der Waals surface area contributed by atoms with Crippen molar-refractivity contribution in [3.63, 3.8) is 0 Å². The zero-order valence-corrected chi connectivity index (χ0v) is 10.5. The van der Waals surface area contributed by atoms with Crippen molar-refractivity contribution >= 4 is 14.2 Å². The van der Waals surface area contributed by atoms with Crippen molar-refractivity contribution in [2.24, 2.45) is 5.92 Å². The minimum Gasteiger partial charge on any atom is -0.432 e. The van der Waals surface area contributed by atoms with Crippen LogP contribution in [0.4, 0.5) is 0 Å². The first-order valence-corrected chi connectivity index (χ1v) is 8.38. The number of allylic oxidation sites excluding steroid dienone is 2. The molecule has 84 valence electrons. The van der Waals surface area contributed by atoms with Crippen LogP contribution < -0.4 is 5.32 Å². The van der Waals surface area contributed by atoms with Gasteiger partial charge in [0.2, 0.25) is 5.91 Å². The highest BCUT2D eigenvalue weighted by Gasteiger charge is 2.27. The van der Waals surface area contributed by atoms with E-state index < -0.39 is 8.32 Å². The molecule has 15 heavy (non-hydrogen) atoms. The molecule has 0 saturated carbocycles. The van der Waals surface area contributed by atoms with Crippen LogP contribution in [0.2, 0.25) is 19.1 Å². The molecule has 1 aliphatic carbocycles. The maximum absolute atomic E-state index is 11.0. The van der Waals surface area contributed by atoms with Crippen LogP contribution >= 0.6 is 0 Å². The monoisotopic (exact) mass is 225 g/mol. The van der Waals surface area contributed by atoms with E-state index in [0.29, 0.717) is 0 Å². The molecule has 2 atom stereocenters. The van der Waals surface area contributed by atoms with Gasteiger partial charge in [0.25, 0.3) is 0 Å². The number of carbonyl (C=O) groups is 1. The first-order valence-electron chi connectivity index (χ1n) is 5.23. The molecule has 2 N–H and O–H groups in total. The second-order valence-corrected chi connectivity index (χ2v) is 8.71. The van der Waals surface area contributed by atoms with Gasteiger partial charge in [-0.2, -0.15) is 0 Å². The molecule has 0 bridgehead atoms. The van der Waals surface area contributed by atoms with Gasteiger partial charge < -0.3 is 10.1 Å². The Balaban J connectivity index is 2.64. The van der Waals surface area contributed by atoms with E-state index in [2.05, 4.69) is 11.4 Å². The molecule has 0 fully saturated rings. The summed E-state index contributed by atoms with van der Waals surface area (Å²) in [5.74, 6) is 0.202. The molecule has 1 amide bonds. The SMILES string of the molecule is CC(=O)NC1C=CC=CC1C[Si](C)(C)O. The Kier molecular flexibility index (Phi) is 3.88. The number of rotatable bonds is 3. The summed E-state index contributed by atoms with van der Waals surface area (Å²) in [5, 5.41) is 2.89. The van der Waals surface area contributed by atoms with Gasteiger partial charge in [-0.05, 0) is 19.1 Å². The Bertz CT molecular complexity index is 291. The van der Waals surface area contributed by atoms with Gasteiger partial charge in [0, 0.05) is 12.8 Å². The molecular weight excluding hydrogens is 206 g/mol. The van der Waals surface area contributed by atoms with Crippen LogP contribution in [0.3, 0.4) is 0 Å². The highest BCUT2D eigenvalue weighted by atomic mass is 28.4. The predicted octanol–water partition coefficient (Wildman–Crippen LogP) is 1.43. The lowest BCUT2D eigenvalue weighted by atomic mass is 9.97. The molecule has 1 rings (SSSR count). The van der Waals surface area contributed by atoms with Crippen molar-refractivity contribution < 1.29 is 9.59 Å². The van der Waals surface area contributed by atoms with Crippen LogP contribution in [-0.4, -0.2) is 25.1 Å². The fourth-order valence-corrected chi connectivity index (χ4v) is 3.36. The average Bonchev–Trinajstić information content (AvgIpc) is 2.05. The summed E-state index contributed by atoms with van der Waals surface area (Å²) in [4.78, 5) is 20.9. The summed E-state index contributed by atoms with van der Waals surface area (Å²) in [7, 11) is -2.07. The van der Waals surface area contributed by atoms with Crippen LogP contribution in [0, 0.1) is 5.92 Å². The van der Waals surface area contributed by atoms with Crippen molar-refractivity contribution in [1.82, 2.24) is 5.32 Å². The van der Waals surface area contributed by atoms with Crippen LogP contribution in [0.1, 0.15) is 6.92 Å². The minimum absolute atomic E-state index is 0.0256. The second-order valence-electron chi connectivity index (χ2n) is 4.68. The quantitative estimate of drug-likeness (QED) is 0.714. The summed E-state index contributed by atoms with van der Waals surface area (Å²) < 4.78 is 0. The Morgan fingerprint density at radius 1 is 1.40 bits per heavy atom. The van der Waals surface area contributed by atoms with Crippen LogP contribution in [-0.2, 0) is 4.79 Å². The molecule has 0 spiro atoms. The van der Waals surface area contributed by atoms with Gasteiger partial charge >= 0.3 is 0 Å². The fraction of sp³-hybridized carbons (Fsp3) is 0.545. The molecule has 4 heteroatoms. The molecule has 2 unspecified atom stereocenters. The zero-order chi connectivity index (χ0) is 11.5. The Hall–Kier alpha value is -0.873. The van der Waals surface area contributed by atoms with Crippen LogP contribution in [0.5, 0.6) is 0 Å². The van der Waals surface area contributed by atoms with E-state index in [-0.39, 0.29) is 17.9 Å². The number of amides is 1. The van der Waals surface area contributed by atoms with Crippen molar-refractivity contribution in [2.45, 2.75) is 32.1 Å². The third-order valence-electron chi connectivity index (χ3n) is 2.35. The van der Waals surface area contributed by atoms with Gasteiger partial charge in [0.1, 0.15) is 0 Å². The third kappa shape index (κ3) is 4.44. The number of carbonyl (C=O) groups excluding carboxylic acids is 1. The summed E-state index contributed by atoms with van der Waals surface area (Å²) in [6.07, 6.45) is 7.95. The van der Waals surface area contributed by atoms with Gasteiger partial charge in [-0.25, -0.2) is 0 Å². The molecule has 3 nitrogen and oxygen atoms in total. The van der Waals surface area contributed by atoms with Crippen molar-refractivity contribution in [3.05, 3.63) is 24.3 Å². The normalized spacial score (nSPS) is 25.3. The van der Waals surface area contributed by atoms with Crippen LogP contribution in [0.15, 0.2) is 24.3 Å². The smallest absolute Gasteiger partial charge is 0.217 e. The lowest BCUT2D eigenvalue weighted by Gasteiger charge is -2.28. The maximum Gasteiger partial charge on any atom is 0.217 e. The van der Waals surface area contributed by atoms with Gasteiger partial charge in [-0.3, -0.25) is 4.79 Å². The summed E-state index contributed by atoms with van der Waals surface area (Å²) in [6, 6.07) is 0.810. The molecule has 0 saturated heterocycles. The number of hydrogen-bond donors (Lipinski definition) is 2. The summed E-state index contributed by atoms with van der Waals surface area (Å²) in [6.45, 7) is 5.36. The summed E-state index contributed by atoms with van der Waals surface area (Å²) in [5.41, 5.74) is 0. The Morgan fingerprint density at radius 3 is 2.53 bits per heavy atom. The van der Waals surface area contributed by atoms with E-state index >= 15 is 0 Å². The zero-order valence-electron chi connectivity index (χ0n) is 9.53. The third-order valence-corrected chi connectivity index (χ3v) is 3.82. The highest BCUT2D eigenvalue weighted by Crippen LogP contribution is 2.22. The second kappa shape index (κ2) is 4.77. The predicted molar refractivity (Wildman–Crippen MR) is 63.9 cm³/mol. The lowest BCUT2D eigenvalue weighted by molar-refractivity contribution is -0.119. The van der Waals surface area contributed by atoms with E-state index in [1.165, 1.54) is 6.92 Å². The Labute approximate surface area is 92.0 Å². The van der Waals surface area contributed by atoms with E-state index in [4.69, 9.17) is 0 Å².